The molecule has 1 N–H and O–H groups in total. The fourth-order valence-electron chi connectivity index (χ4n) is 4.44. The van der Waals surface area contributed by atoms with Gasteiger partial charge in [-0.1, -0.05) is 24.3 Å². The van der Waals surface area contributed by atoms with Crippen LogP contribution in [-0.2, 0) is 0 Å². The van der Waals surface area contributed by atoms with Gasteiger partial charge in [-0.2, -0.15) is 0 Å². The average molecular weight is 391 g/mol. The summed E-state index contributed by atoms with van der Waals surface area (Å²) in [6, 6.07) is 15.0. The van der Waals surface area contributed by atoms with E-state index < -0.39 is 0 Å². The van der Waals surface area contributed by atoms with Gasteiger partial charge in [0.1, 0.15) is 0 Å². The van der Waals surface area contributed by atoms with Crippen molar-refractivity contribution in [1.29, 1.82) is 0 Å². The second kappa shape index (κ2) is 7.06. The van der Waals surface area contributed by atoms with Gasteiger partial charge in [0.15, 0.2) is 5.11 Å². The monoisotopic (exact) mass is 390 g/mol. The molecule has 0 spiro atoms. The summed E-state index contributed by atoms with van der Waals surface area (Å²) in [6.07, 6.45) is 1.84. The molecule has 1 aromatic carbocycles. The Balaban J connectivity index is 1.86. The quantitative estimate of drug-likeness (QED) is 0.657. The zero-order valence-corrected chi connectivity index (χ0v) is 17.8. The van der Waals surface area contributed by atoms with Crippen molar-refractivity contribution in [2.75, 3.05) is 7.05 Å². The number of aryl methyl sites for hydroxylation is 3. The van der Waals surface area contributed by atoms with E-state index in [4.69, 9.17) is 12.2 Å². The van der Waals surface area contributed by atoms with Gasteiger partial charge in [0, 0.05) is 24.6 Å². The summed E-state index contributed by atoms with van der Waals surface area (Å²) in [4.78, 5) is 6.75. The molecular weight excluding hydrogens is 364 g/mol. The van der Waals surface area contributed by atoms with Crippen LogP contribution in [0.4, 0.5) is 0 Å². The minimum Gasteiger partial charge on any atom is -0.352 e. The molecule has 2 aromatic heterocycles. The number of pyridine rings is 1. The molecule has 4 rings (SSSR count). The molecule has 3 aromatic rings. The van der Waals surface area contributed by atoms with Crippen molar-refractivity contribution in [3.8, 4) is 5.69 Å². The van der Waals surface area contributed by atoms with Crippen molar-refractivity contribution in [2.45, 2.75) is 39.8 Å². The Hall–Kier alpha value is -2.66. The van der Waals surface area contributed by atoms with Crippen LogP contribution in [0.3, 0.4) is 0 Å². The molecule has 0 bridgehead atoms. The largest absolute Gasteiger partial charge is 0.352 e. The maximum Gasteiger partial charge on any atom is 0.169 e. The van der Waals surface area contributed by atoms with Gasteiger partial charge >= 0.3 is 0 Å². The summed E-state index contributed by atoms with van der Waals surface area (Å²) in [7, 11) is 2.06. The van der Waals surface area contributed by atoms with Gasteiger partial charge < -0.3 is 14.8 Å². The number of aromatic nitrogens is 2. The minimum atomic E-state index is 0.0330. The minimum absolute atomic E-state index is 0.0330. The third-order valence-electron chi connectivity index (χ3n) is 5.79. The maximum absolute atomic E-state index is 5.59. The Bertz CT molecular complexity index is 1020. The summed E-state index contributed by atoms with van der Waals surface area (Å²) in [5.74, 6) is 0. The molecule has 0 unspecified atom stereocenters. The van der Waals surface area contributed by atoms with E-state index >= 15 is 0 Å². The number of rotatable bonds is 3. The normalized spacial score (nSPS) is 19.2. The summed E-state index contributed by atoms with van der Waals surface area (Å²) in [6.45, 7) is 8.74. The number of hydrogen-bond acceptors (Lipinski definition) is 2. The Labute approximate surface area is 172 Å². The summed E-state index contributed by atoms with van der Waals surface area (Å²) >= 11 is 5.59. The summed E-state index contributed by atoms with van der Waals surface area (Å²) < 4.78 is 2.38. The van der Waals surface area contributed by atoms with Crippen molar-refractivity contribution in [3.63, 3.8) is 0 Å². The number of nitrogens with one attached hydrogen (secondary N) is 1. The number of likely N-dealkylation sites (N-methyl/N-ethyl adjacent to an activating group) is 1. The second-order valence-corrected chi connectivity index (χ2v) is 8.03. The van der Waals surface area contributed by atoms with E-state index in [0.29, 0.717) is 0 Å². The molecule has 1 aliphatic heterocycles. The van der Waals surface area contributed by atoms with E-state index in [1.165, 1.54) is 33.8 Å². The number of hydrogen-bond donors (Lipinski definition) is 1. The molecule has 5 heteroatoms. The van der Waals surface area contributed by atoms with Crippen LogP contribution >= 0.6 is 12.2 Å². The lowest BCUT2D eigenvalue weighted by Crippen LogP contribution is -2.25. The predicted molar refractivity (Wildman–Crippen MR) is 118 cm³/mol. The topological polar surface area (TPSA) is 33.1 Å². The van der Waals surface area contributed by atoms with E-state index in [9.17, 15) is 0 Å². The van der Waals surface area contributed by atoms with Crippen LogP contribution < -0.4 is 5.32 Å². The second-order valence-electron chi connectivity index (χ2n) is 7.64. The highest BCUT2D eigenvalue weighted by molar-refractivity contribution is 7.80. The van der Waals surface area contributed by atoms with Crippen molar-refractivity contribution in [2.24, 2.45) is 0 Å². The van der Waals surface area contributed by atoms with Crippen molar-refractivity contribution >= 4 is 17.3 Å². The molecule has 0 saturated carbocycles. The number of nitrogens with zero attached hydrogens (tertiary/aromatic N) is 3. The third-order valence-corrected chi connectivity index (χ3v) is 6.20. The molecule has 4 nitrogen and oxygen atoms in total. The molecular formula is C23H26N4S. The van der Waals surface area contributed by atoms with Gasteiger partial charge in [-0.3, -0.25) is 4.98 Å². The molecule has 1 aliphatic rings. The highest BCUT2D eigenvalue weighted by Crippen LogP contribution is 2.40. The first kappa shape index (κ1) is 18.7. The van der Waals surface area contributed by atoms with Gasteiger partial charge in [0.05, 0.1) is 23.5 Å². The smallest absolute Gasteiger partial charge is 0.169 e. The van der Waals surface area contributed by atoms with Crippen molar-refractivity contribution in [3.05, 3.63) is 82.4 Å². The average Bonchev–Trinajstić information content (AvgIpc) is 3.12. The van der Waals surface area contributed by atoms with E-state index in [1.807, 2.05) is 18.3 Å². The first-order chi connectivity index (χ1) is 13.4. The maximum atomic E-state index is 5.59. The zero-order chi connectivity index (χ0) is 20.0. The van der Waals surface area contributed by atoms with Crippen LogP contribution in [0.5, 0.6) is 0 Å². The van der Waals surface area contributed by atoms with Crippen LogP contribution in [0.2, 0.25) is 0 Å². The van der Waals surface area contributed by atoms with Crippen LogP contribution in [-0.4, -0.2) is 26.6 Å². The highest BCUT2D eigenvalue weighted by atomic mass is 32.1. The molecule has 144 valence electrons. The lowest BCUT2D eigenvalue weighted by Gasteiger charge is -2.25. The zero-order valence-electron chi connectivity index (χ0n) is 17.0. The number of thiocarbonyl (C=S) groups is 1. The van der Waals surface area contributed by atoms with E-state index in [1.54, 1.807) is 0 Å². The van der Waals surface area contributed by atoms with Crippen LogP contribution in [0, 0.1) is 27.7 Å². The Morgan fingerprint density at radius 3 is 2.36 bits per heavy atom. The number of para-hydroxylation sites is 1. The van der Waals surface area contributed by atoms with Gasteiger partial charge in [-0.15, -0.1) is 0 Å². The Morgan fingerprint density at radius 1 is 1.00 bits per heavy atom. The van der Waals surface area contributed by atoms with Gasteiger partial charge in [0.2, 0.25) is 0 Å². The van der Waals surface area contributed by atoms with E-state index in [2.05, 4.69) is 84.8 Å². The van der Waals surface area contributed by atoms with Gasteiger partial charge in [0.25, 0.3) is 0 Å². The molecule has 0 aliphatic carbocycles. The summed E-state index contributed by atoms with van der Waals surface area (Å²) in [5, 5.41) is 4.23. The Kier molecular flexibility index (Phi) is 4.71. The van der Waals surface area contributed by atoms with Crippen LogP contribution in [0.25, 0.3) is 5.69 Å². The molecule has 1 fully saturated rings. The standard InChI is InChI=1S/C23H26N4S/c1-14-9-8-10-15(2)21(14)27-16(3)13-18(17(27)4)22-20(25-23(28)26(22)5)19-11-6-7-12-24-19/h6-13,20,22H,1-5H3,(H,25,28)/t20-,22+/m0/s1. The lowest BCUT2D eigenvalue weighted by molar-refractivity contribution is 0.367. The van der Waals surface area contributed by atoms with Crippen LogP contribution in [0.15, 0.2) is 48.7 Å². The first-order valence-corrected chi connectivity index (χ1v) is 10.0. The van der Waals surface area contributed by atoms with Gasteiger partial charge in [-0.25, -0.2) is 0 Å². The predicted octanol–water partition coefficient (Wildman–Crippen LogP) is 4.71. The molecule has 2 atom stereocenters. The summed E-state index contributed by atoms with van der Waals surface area (Å²) in [5.41, 5.74) is 8.61. The first-order valence-electron chi connectivity index (χ1n) is 9.60. The van der Waals surface area contributed by atoms with Crippen LogP contribution in [0.1, 0.15) is 45.9 Å². The van der Waals surface area contributed by atoms with E-state index in [-0.39, 0.29) is 12.1 Å². The molecule has 0 amide bonds. The SMILES string of the molecule is Cc1cccc(C)c1-n1c(C)cc([C@@H]2[C@H](c3ccccn3)NC(=S)N2C)c1C. The fourth-order valence-corrected chi connectivity index (χ4v) is 4.68. The lowest BCUT2D eigenvalue weighted by atomic mass is 9.97. The van der Waals surface area contributed by atoms with Gasteiger partial charge in [-0.05, 0) is 74.8 Å². The molecule has 0 radical (unpaired) electrons. The molecule has 3 heterocycles. The van der Waals surface area contributed by atoms with Crippen molar-refractivity contribution in [1.82, 2.24) is 19.8 Å². The Morgan fingerprint density at radius 2 is 1.71 bits per heavy atom. The number of benzene rings is 1. The van der Waals surface area contributed by atoms with E-state index in [0.717, 1.165) is 10.8 Å². The third kappa shape index (κ3) is 2.90. The highest BCUT2D eigenvalue weighted by Gasteiger charge is 2.39. The molecule has 1 saturated heterocycles. The fraction of sp³-hybridized carbons (Fsp3) is 0.304. The van der Waals surface area contributed by atoms with Crippen molar-refractivity contribution < 1.29 is 0 Å². The molecule has 28 heavy (non-hydrogen) atoms.